The summed E-state index contributed by atoms with van der Waals surface area (Å²) in [6.45, 7) is 0.0157. The van der Waals surface area contributed by atoms with Crippen molar-refractivity contribution in [2.75, 3.05) is 6.61 Å². The summed E-state index contributed by atoms with van der Waals surface area (Å²) in [7, 11) is 0. The first-order valence-corrected chi connectivity index (χ1v) is 6.12. The fraction of sp³-hybridized carbons (Fsp3) is 0.133. The van der Waals surface area contributed by atoms with Crippen molar-refractivity contribution < 1.29 is 9.53 Å². The summed E-state index contributed by atoms with van der Waals surface area (Å²) >= 11 is 0. The van der Waals surface area contributed by atoms with Gasteiger partial charge in [0, 0.05) is 4.91 Å². The molecule has 0 bridgehead atoms. The van der Waals surface area contributed by atoms with Crippen LogP contribution in [0, 0.1) is 0 Å². The van der Waals surface area contributed by atoms with Crippen molar-refractivity contribution in [1.82, 2.24) is 0 Å². The Hall–Kier alpha value is -2.78. The van der Waals surface area contributed by atoms with Gasteiger partial charge < -0.3 is 4.74 Å². The number of carbonyl (C=O) groups is 1. The van der Waals surface area contributed by atoms with Crippen molar-refractivity contribution in [3.05, 3.63) is 82.2 Å². The molecule has 20 heavy (non-hydrogen) atoms. The minimum absolute atomic E-state index is 0.0157. The van der Waals surface area contributed by atoms with Gasteiger partial charge in [0.2, 0.25) is 0 Å². The van der Waals surface area contributed by atoms with Gasteiger partial charge in [-0.25, -0.2) is 4.79 Å². The predicted octanol–water partition coefficient (Wildman–Crippen LogP) is 3.90. The molecule has 2 rings (SSSR count). The quantitative estimate of drug-likeness (QED) is 0.356. The van der Waals surface area contributed by atoms with Crippen molar-refractivity contribution >= 4 is 5.97 Å². The lowest BCUT2D eigenvalue weighted by Gasteiger charge is -2.12. The number of hydrogen-bond acceptors (Lipinski definition) is 3. The van der Waals surface area contributed by atoms with Crippen LogP contribution >= 0.6 is 0 Å². The van der Waals surface area contributed by atoms with Crippen LogP contribution in [0.4, 0.5) is 0 Å². The Bertz CT molecular complexity index is 608. The maximum absolute atomic E-state index is 11.8. The fourth-order valence-corrected chi connectivity index (χ4v) is 1.75. The summed E-state index contributed by atoms with van der Waals surface area (Å²) in [5, 5.41) is 3.66. The molecule has 1 atom stereocenters. The molecule has 0 radical (unpaired) electrons. The molecule has 0 aliphatic heterocycles. The third kappa shape index (κ3) is 3.60. The van der Waals surface area contributed by atoms with Crippen molar-refractivity contribution in [2.45, 2.75) is 6.04 Å². The zero-order chi connectivity index (χ0) is 14.2. The van der Waals surface area contributed by atoms with Gasteiger partial charge in [-0.15, -0.1) is 0 Å². The van der Waals surface area contributed by atoms with E-state index >= 15 is 0 Å². The van der Waals surface area contributed by atoms with Gasteiger partial charge in [0.25, 0.3) is 0 Å². The molecule has 0 amide bonds. The summed E-state index contributed by atoms with van der Waals surface area (Å²) in [6.07, 6.45) is 0. The second kappa shape index (κ2) is 6.97. The van der Waals surface area contributed by atoms with Crippen molar-refractivity contribution in [3.8, 4) is 0 Å². The van der Waals surface area contributed by atoms with Gasteiger partial charge in [-0.2, -0.15) is 0 Å². The van der Waals surface area contributed by atoms with Crippen LogP contribution in [0.25, 0.3) is 10.4 Å². The molecule has 5 heteroatoms. The van der Waals surface area contributed by atoms with Gasteiger partial charge in [0.15, 0.2) is 0 Å². The number of rotatable bonds is 5. The molecule has 0 spiro atoms. The highest BCUT2D eigenvalue weighted by Gasteiger charge is 2.13. The smallest absolute Gasteiger partial charge is 0.338 e. The third-order valence-electron chi connectivity index (χ3n) is 2.76. The lowest BCUT2D eigenvalue weighted by atomic mass is 10.1. The number of ether oxygens (including phenoxy) is 1. The minimum Gasteiger partial charge on any atom is -0.461 e. The number of azide groups is 1. The standard InChI is InChI=1S/C15H13N3O2/c16-18-17-14(12-7-3-1-4-8-12)11-20-15(19)13-9-5-2-6-10-13/h1-10,14H,11H2. The van der Waals surface area contributed by atoms with E-state index in [1.807, 2.05) is 36.4 Å². The average molecular weight is 267 g/mol. The van der Waals surface area contributed by atoms with Gasteiger partial charge in [-0.05, 0) is 23.2 Å². The first-order valence-electron chi connectivity index (χ1n) is 6.12. The predicted molar refractivity (Wildman–Crippen MR) is 75.1 cm³/mol. The molecule has 0 aliphatic carbocycles. The normalized spacial score (nSPS) is 11.2. The average Bonchev–Trinajstić information content (AvgIpc) is 2.53. The van der Waals surface area contributed by atoms with E-state index in [2.05, 4.69) is 10.0 Å². The molecule has 0 aromatic heterocycles. The molecule has 0 heterocycles. The minimum atomic E-state index is -0.520. The van der Waals surface area contributed by atoms with Crippen molar-refractivity contribution in [3.63, 3.8) is 0 Å². The second-order valence-corrected chi connectivity index (χ2v) is 4.10. The van der Waals surface area contributed by atoms with Crippen LogP contribution in [0.15, 0.2) is 65.8 Å². The summed E-state index contributed by atoms with van der Waals surface area (Å²) in [4.78, 5) is 14.6. The van der Waals surface area contributed by atoms with E-state index in [1.54, 1.807) is 24.3 Å². The molecule has 5 nitrogen and oxygen atoms in total. The Balaban J connectivity index is 2.03. The van der Waals surface area contributed by atoms with E-state index in [0.717, 1.165) is 5.56 Å². The monoisotopic (exact) mass is 267 g/mol. The summed E-state index contributed by atoms with van der Waals surface area (Å²) in [6, 6.07) is 17.4. The van der Waals surface area contributed by atoms with Crippen molar-refractivity contribution in [1.29, 1.82) is 0 Å². The second-order valence-electron chi connectivity index (χ2n) is 4.10. The van der Waals surface area contributed by atoms with Crippen LogP contribution in [0.5, 0.6) is 0 Å². The number of nitrogens with zero attached hydrogens (tertiary/aromatic N) is 3. The Morgan fingerprint density at radius 1 is 1.10 bits per heavy atom. The molecule has 1 unspecified atom stereocenters. The molecular formula is C15H13N3O2. The zero-order valence-electron chi connectivity index (χ0n) is 10.7. The van der Waals surface area contributed by atoms with E-state index in [9.17, 15) is 4.79 Å². The number of carbonyl (C=O) groups excluding carboxylic acids is 1. The highest BCUT2D eigenvalue weighted by molar-refractivity contribution is 5.89. The first kappa shape index (κ1) is 13.6. The van der Waals surface area contributed by atoms with E-state index < -0.39 is 12.0 Å². The lowest BCUT2D eigenvalue weighted by Crippen LogP contribution is -2.11. The van der Waals surface area contributed by atoms with Crippen LogP contribution in [0.2, 0.25) is 0 Å². The van der Waals surface area contributed by atoms with Crippen LogP contribution in [-0.2, 0) is 4.74 Å². The van der Waals surface area contributed by atoms with Crippen molar-refractivity contribution in [2.24, 2.45) is 5.11 Å². The zero-order valence-corrected chi connectivity index (χ0v) is 10.7. The summed E-state index contributed by atoms with van der Waals surface area (Å²) in [5.41, 5.74) is 9.88. The lowest BCUT2D eigenvalue weighted by molar-refractivity contribution is 0.0481. The maximum Gasteiger partial charge on any atom is 0.338 e. The van der Waals surface area contributed by atoms with Gasteiger partial charge in [-0.1, -0.05) is 53.6 Å². The Morgan fingerprint density at radius 2 is 1.70 bits per heavy atom. The molecule has 100 valence electrons. The van der Waals surface area contributed by atoms with E-state index in [0.29, 0.717) is 5.56 Å². The highest BCUT2D eigenvalue weighted by Crippen LogP contribution is 2.18. The largest absolute Gasteiger partial charge is 0.461 e. The Morgan fingerprint density at radius 3 is 2.30 bits per heavy atom. The first-order chi connectivity index (χ1) is 9.81. The third-order valence-corrected chi connectivity index (χ3v) is 2.76. The van der Waals surface area contributed by atoms with Gasteiger partial charge in [0.05, 0.1) is 11.6 Å². The molecule has 2 aromatic carbocycles. The van der Waals surface area contributed by atoms with Crippen LogP contribution in [-0.4, -0.2) is 12.6 Å². The van der Waals surface area contributed by atoms with E-state index in [4.69, 9.17) is 10.3 Å². The summed E-state index contributed by atoms with van der Waals surface area (Å²) < 4.78 is 5.19. The molecule has 0 aliphatic rings. The maximum atomic E-state index is 11.8. The molecule has 0 saturated carbocycles. The Kier molecular flexibility index (Phi) is 4.76. The van der Waals surface area contributed by atoms with Gasteiger partial charge in [0.1, 0.15) is 6.61 Å². The molecule has 2 aromatic rings. The number of benzene rings is 2. The molecular weight excluding hydrogens is 254 g/mol. The molecule has 0 saturated heterocycles. The SMILES string of the molecule is [N-]=[N+]=NC(COC(=O)c1ccccc1)c1ccccc1. The number of hydrogen-bond donors (Lipinski definition) is 0. The van der Waals surface area contributed by atoms with Crippen LogP contribution < -0.4 is 0 Å². The summed E-state index contributed by atoms with van der Waals surface area (Å²) in [5.74, 6) is -0.431. The van der Waals surface area contributed by atoms with Crippen LogP contribution in [0.3, 0.4) is 0 Å². The Labute approximate surface area is 116 Å². The van der Waals surface area contributed by atoms with Gasteiger partial charge >= 0.3 is 5.97 Å². The van der Waals surface area contributed by atoms with E-state index in [1.165, 1.54) is 0 Å². The highest BCUT2D eigenvalue weighted by atomic mass is 16.5. The molecule has 0 N–H and O–H groups in total. The topological polar surface area (TPSA) is 75.1 Å². The number of esters is 1. The van der Waals surface area contributed by atoms with E-state index in [-0.39, 0.29) is 6.61 Å². The molecule has 0 fully saturated rings. The fourth-order valence-electron chi connectivity index (χ4n) is 1.75. The van der Waals surface area contributed by atoms with Gasteiger partial charge in [-0.3, -0.25) is 0 Å². The van der Waals surface area contributed by atoms with Crippen LogP contribution in [0.1, 0.15) is 22.0 Å².